The molecule has 2 aromatic rings. The van der Waals surface area contributed by atoms with Crippen LogP contribution in [0.1, 0.15) is 15.9 Å². The normalized spacial score (nSPS) is 10.6. The van der Waals surface area contributed by atoms with Gasteiger partial charge in [0.25, 0.3) is 5.91 Å². The van der Waals surface area contributed by atoms with Crippen molar-refractivity contribution in [3.05, 3.63) is 59.7 Å². The highest BCUT2D eigenvalue weighted by atomic mass is 16.3. The summed E-state index contributed by atoms with van der Waals surface area (Å²) in [4.78, 5) is 14.1. The van der Waals surface area contributed by atoms with Crippen LogP contribution in [0.25, 0.3) is 0 Å². The predicted octanol–water partition coefficient (Wildman–Crippen LogP) is 2.71. The zero-order valence-corrected chi connectivity index (χ0v) is 11.6. The van der Waals surface area contributed by atoms with E-state index in [4.69, 9.17) is 0 Å². The van der Waals surface area contributed by atoms with Crippen LogP contribution in [0.4, 0.5) is 5.69 Å². The summed E-state index contributed by atoms with van der Waals surface area (Å²) in [5.74, 6) is -0.153. The molecular formula is C16H18N2O2. The quantitative estimate of drug-likeness (QED) is 0.898. The Morgan fingerprint density at radius 2 is 1.85 bits per heavy atom. The minimum absolute atomic E-state index is 0.0824. The van der Waals surface area contributed by atoms with E-state index in [1.807, 2.05) is 38.4 Å². The zero-order chi connectivity index (χ0) is 14.5. The summed E-state index contributed by atoms with van der Waals surface area (Å²) in [7, 11) is 4.02. The maximum absolute atomic E-state index is 12.0. The van der Waals surface area contributed by atoms with Crippen molar-refractivity contribution in [2.24, 2.45) is 0 Å². The molecule has 0 spiro atoms. The van der Waals surface area contributed by atoms with Gasteiger partial charge in [-0.1, -0.05) is 18.2 Å². The Morgan fingerprint density at radius 1 is 1.15 bits per heavy atom. The summed E-state index contributed by atoms with van der Waals surface area (Å²) >= 11 is 0. The van der Waals surface area contributed by atoms with Crippen LogP contribution in [0.3, 0.4) is 0 Å². The van der Waals surface area contributed by atoms with Crippen LogP contribution in [-0.2, 0) is 6.54 Å². The minimum atomic E-state index is -0.235. The Morgan fingerprint density at radius 3 is 2.45 bits per heavy atom. The second-order valence-corrected chi connectivity index (χ2v) is 4.94. The van der Waals surface area contributed by atoms with Crippen molar-refractivity contribution in [2.45, 2.75) is 6.54 Å². The molecule has 0 radical (unpaired) electrons. The highest BCUT2D eigenvalue weighted by Gasteiger charge is 2.06. The monoisotopic (exact) mass is 270 g/mol. The molecule has 0 bridgehead atoms. The summed E-state index contributed by atoms with van der Waals surface area (Å²) < 4.78 is 0. The number of anilines is 1. The molecule has 0 saturated heterocycles. The lowest BCUT2D eigenvalue weighted by molar-refractivity contribution is 0.102. The minimum Gasteiger partial charge on any atom is -0.508 e. The highest BCUT2D eigenvalue weighted by Crippen LogP contribution is 2.15. The molecule has 0 fully saturated rings. The first kappa shape index (κ1) is 14.1. The predicted molar refractivity (Wildman–Crippen MR) is 79.9 cm³/mol. The number of carbonyl (C=O) groups is 1. The first-order valence-electron chi connectivity index (χ1n) is 6.38. The van der Waals surface area contributed by atoms with Gasteiger partial charge < -0.3 is 15.3 Å². The number of hydrogen-bond donors (Lipinski definition) is 2. The van der Waals surface area contributed by atoms with Crippen molar-refractivity contribution >= 4 is 11.6 Å². The maximum Gasteiger partial charge on any atom is 0.255 e. The summed E-state index contributed by atoms with van der Waals surface area (Å²) in [5.41, 5.74) is 2.36. The highest BCUT2D eigenvalue weighted by molar-refractivity contribution is 6.04. The van der Waals surface area contributed by atoms with Gasteiger partial charge in [0, 0.05) is 17.8 Å². The number of nitrogens with zero attached hydrogens (tertiary/aromatic N) is 1. The number of phenols is 1. The fraction of sp³-hybridized carbons (Fsp3) is 0.188. The van der Waals surface area contributed by atoms with E-state index in [-0.39, 0.29) is 11.7 Å². The molecule has 2 rings (SSSR count). The number of hydrogen-bond acceptors (Lipinski definition) is 3. The van der Waals surface area contributed by atoms with E-state index < -0.39 is 0 Å². The van der Waals surface area contributed by atoms with Gasteiger partial charge in [-0.15, -0.1) is 0 Å². The third kappa shape index (κ3) is 3.83. The molecule has 0 atom stereocenters. The Bertz CT molecular complexity index is 592. The standard InChI is InChI=1S/C16H18N2O2/c1-18(2)11-12-6-8-14(9-7-12)17-16(20)13-4-3-5-15(19)10-13/h3-10,19H,11H2,1-2H3,(H,17,20). The molecule has 2 N–H and O–H groups in total. The number of amides is 1. The molecule has 0 aliphatic heterocycles. The van der Waals surface area contributed by atoms with Crippen LogP contribution >= 0.6 is 0 Å². The van der Waals surface area contributed by atoms with E-state index in [0.29, 0.717) is 5.56 Å². The van der Waals surface area contributed by atoms with E-state index in [1.54, 1.807) is 12.1 Å². The molecule has 0 heterocycles. The van der Waals surface area contributed by atoms with Crippen LogP contribution in [0, 0.1) is 0 Å². The van der Waals surface area contributed by atoms with Gasteiger partial charge in [-0.2, -0.15) is 0 Å². The third-order valence-corrected chi connectivity index (χ3v) is 2.82. The Balaban J connectivity index is 2.04. The number of carbonyl (C=O) groups excluding carboxylic acids is 1. The summed E-state index contributed by atoms with van der Waals surface area (Å²) in [6, 6.07) is 14.0. The number of nitrogens with one attached hydrogen (secondary N) is 1. The van der Waals surface area contributed by atoms with Crippen LogP contribution < -0.4 is 5.32 Å². The van der Waals surface area contributed by atoms with Crippen LogP contribution in [0.5, 0.6) is 5.75 Å². The van der Waals surface area contributed by atoms with E-state index in [1.165, 1.54) is 17.7 Å². The Hall–Kier alpha value is -2.33. The zero-order valence-electron chi connectivity index (χ0n) is 11.6. The summed E-state index contributed by atoms with van der Waals surface area (Å²) in [6.45, 7) is 0.862. The average Bonchev–Trinajstić information content (AvgIpc) is 2.40. The van der Waals surface area contributed by atoms with Crippen LogP contribution in [-0.4, -0.2) is 30.0 Å². The van der Waals surface area contributed by atoms with Gasteiger partial charge in [0.05, 0.1) is 0 Å². The third-order valence-electron chi connectivity index (χ3n) is 2.82. The lowest BCUT2D eigenvalue weighted by Crippen LogP contribution is -2.12. The topological polar surface area (TPSA) is 52.6 Å². The molecule has 0 aromatic heterocycles. The van der Waals surface area contributed by atoms with Crippen molar-refractivity contribution in [3.63, 3.8) is 0 Å². The number of phenolic OH excluding ortho intramolecular Hbond substituents is 1. The number of rotatable bonds is 4. The molecular weight excluding hydrogens is 252 g/mol. The fourth-order valence-electron chi connectivity index (χ4n) is 1.91. The van der Waals surface area contributed by atoms with Crippen molar-refractivity contribution in [2.75, 3.05) is 19.4 Å². The number of aromatic hydroxyl groups is 1. The van der Waals surface area contributed by atoms with Crippen molar-refractivity contribution in [3.8, 4) is 5.75 Å². The van der Waals surface area contributed by atoms with Crippen molar-refractivity contribution in [1.82, 2.24) is 4.90 Å². The van der Waals surface area contributed by atoms with Crippen LogP contribution in [0.15, 0.2) is 48.5 Å². The van der Waals surface area contributed by atoms with Gasteiger partial charge in [-0.05, 0) is 50.0 Å². The molecule has 2 aromatic carbocycles. The van der Waals surface area contributed by atoms with E-state index in [9.17, 15) is 9.90 Å². The summed E-state index contributed by atoms with van der Waals surface area (Å²) in [6.07, 6.45) is 0. The first-order valence-corrected chi connectivity index (χ1v) is 6.38. The van der Waals surface area contributed by atoms with Gasteiger partial charge in [0.15, 0.2) is 0 Å². The molecule has 20 heavy (non-hydrogen) atoms. The number of benzene rings is 2. The molecule has 0 saturated carbocycles. The van der Waals surface area contributed by atoms with Gasteiger partial charge in [-0.25, -0.2) is 0 Å². The molecule has 4 heteroatoms. The molecule has 0 unspecified atom stereocenters. The summed E-state index contributed by atoms with van der Waals surface area (Å²) in [5, 5.41) is 12.2. The smallest absolute Gasteiger partial charge is 0.255 e. The first-order chi connectivity index (χ1) is 9.54. The average molecular weight is 270 g/mol. The van der Waals surface area contributed by atoms with Crippen LogP contribution in [0.2, 0.25) is 0 Å². The van der Waals surface area contributed by atoms with Crippen molar-refractivity contribution < 1.29 is 9.90 Å². The Labute approximate surface area is 118 Å². The molecule has 0 aliphatic carbocycles. The lowest BCUT2D eigenvalue weighted by Gasteiger charge is -2.10. The van der Waals surface area contributed by atoms with Gasteiger partial charge in [0.1, 0.15) is 5.75 Å². The molecule has 1 amide bonds. The SMILES string of the molecule is CN(C)Cc1ccc(NC(=O)c2cccc(O)c2)cc1. The Kier molecular flexibility index (Phi) is 4.38. The van der Waals surface area contributed by atoms with E-state index in [0.717, 1.165) is 12.2 Å². The van der Waals surface area contributed by atoms with Crippen molar-refractivity contribution in [1.29, 1.82) is 0 Å². The molecule has 104 valence electrons. The second-order valence-electron chi connectivity index (χ2n) is 4.94. The largest absolute Gasteiger partial charge is 0.508 e. The van der Waals surface area contributed by atoms with E-state index in [2.05, 4.69) is 10.2 Å². The maximum atomic E-state index is 12.0. The fourth-order valence-corrected chi connectivity index (χ4v) is 1.91. The van der Waals surface area contributed by atoms with Gasteiger partial charge in [-0.3, -0.25) is 4.79 Å². The lowest BCUT2D eigenvalue weighted by atomic mass is 10.1. The molecule has 0 aliphatic rings. The second kappa shape index (κ2) is 6.21. The van der Waals surface area contributed by atoms with E-state index >= 15 is 0 Å². The van der Waals surface area contributed by atoms with Gasteiger partial charge >= 0.3 is 0 Å². The molecule has 4 nitrogen and oxygen atoms in total. The van der Waals surface area contributed by atoms with Gasteiger partial charge in [0.2, 0.25) is 0 Å².